The third-order valence-corrected chi connectivity index (χ3v) is 16.9. The van der Waals surface area contributed by atoms with Crippen molar-refractivity contribution in [1.29, 1.82) is 0 Å². The van der Waals surface area contributed by atoms with Crippen LogP contribution in [0.15, 0.2) is 23.1 Å². The molecule has 3 aliphatic heterocycles. The van der Waals surface area contributed by atoms with Crippen LogP contribution >= 0.6 is 0 Å². The number of hydrogen-bond donors (Lipinski definition) is 7. The number of carbonyl (C=O) groups is 4. The molecule has 1 aromatic heterocycles. The van der Waals surface area contributed by atoms with Gasteiger partial charge in [-0.25, -0.2) is 9.18 Å². The number of ketones is 1. The van der Waals surface area contributed by atoms with Crippen molar-refractivity contribution in [3.8, 4) is 0 Å². The van der Waals surface area contributed by atoms with E-state index in [1.807, 2.05) is 25.9 Å². The fourth-order valence-electron chi connectivity index (χ4n) is 12.0. The molecule has 7 N–H and O–H groups in total. The van der Waals surface area contributed by atoms with E-state index < -0.39 is 136 Å². The summed E-state index contributed by atoms with van der Waals surface area (Å²) in [6.45, 7) is 17.4. The highest BCUT2D eigenvalue weighted by molar-refractivity contribution is 5.93. The van der Waals surface area contributed by atoms with E-state index in [4.69, 9.17) is 33.2 Å². The van der Waals surface area contributed by atoms with E-state index in [1.54, 1.807) is 52.2 Å². The van der Waals surface area contributed by atoms with Crippen LogP contribution in [0.2, 0.25) is 0 Å². The van der Waals surface area contributed by atoms with E-state index in [-0.39, 0.29) is 61.5 Å². The number of ether oxygens (including phenoxy) is 7. The Hall–Kier alpha value is -4.20. The number of carboxylic acids is 1. The minimum atomic E-state index is -2.06. The molecular weight excluding hydrogens is 1030 g/mol. The Balaban J connectivity index is 1.12. The molecule has 22 heteroatoms. The molecule has 1 aromatic carbocycles. The number of anilines is 1. The number of fused-ring (bicyclic) bond motifs is 1. The summed E-state index contributed by atoms with van der Waals surface area (Å²) in [6.07, 6.45) is -6.34. The number of likely N-dealkylation sites (N-methyl/N-ethyl adjacent to an activating group) is 1. The van der Waals surface area contributed by atoms with Gasteiger partial charge in [-0.3, -0.25) is 19.2 Å². The number of nitrogens with one attached hydrogen (secondary N) is 2. The molecule has 1 saturated carbocycles. The van der Waals surface area contributed by atoms with Crippen LogP contribution in [0.5, 0.6) is 0 Å². The third kappa shape index (κ3) is 14.7. The van der Waals surface area contributed by atoms with Gasteiger partial charge >= 0.3 is 17.9 Å². The molecule has 1 aliphatic carbocycles. The fraction of sp³-hybridized carbons (Fsp3) is 0.772. The van der Waals surface area contributed by atoms with Crippen LogP contribution in [0, 0.1) is 29.5 Å². The Labute approximate surface area is 463 Å². The lowest BCUT2D eigenvalue weighted by atomic mass is 9.74. The van der Waals surface area contributed by atoms with E-state index >= 15 is 4.39 Å². The lowest BCUT2D eigenvalue weighted by molar-refractivity contribution is -0.318. The second-order valence-corrected chi connectivity index (χ2v) is 23.7. The van der Waals surface area contributed by atoms with Crippen molar-refractivity contribution in [3.05, 3.63) is 39.9 Å². The Bertz CT molecular complexity index is 2510. The molecule has 0 unspecified atom stereocenters. The van der Waals surface area contributed by atoms with Gasteiger partial charge in [0.25, 0.3) is 0 Å². The molecule has 6 rings (SSSR count). The predicted octanol–water partition coefficient (Wildman–Crippen LogP) is 4.70. The fourth-order valence-corrected chi connectivity index (χ4v) is 12.0. The highest BCUT2D eigenvalue weighted by Crippen LogP contribution is 2.42. The molecule has 0 bridgehead atoms. The summed E-state index contributed by atoms with van der Waals surface area (Å²) in [5.41, 5.74) is -5.58. The number of Topliss-reactive ketones (excluding diaryl/α,β-unsaturated/α-hetero) is 1. The maximum Gasteiger partial charge on any atom is 0.341 e. The SMILES string of the molecule is CC[C@H]1OC(=O)[C@H](C)[C@@H](O[C@H]2C[C@@](C)(OC)[C@@H](OC(=O)CCNCCCCNc3cc4c(cc3F)c(=O)c(C(=O)O)cn4C3CC3)[C@H](C)O2)[C@H](C)[C@@H](O[C@@H]2O[C@H](C)C[C@H](N(C)C)[C@H]2O)[C@](C)(O)C[C@@H](C)C(=O)[C@H](C)[C@@H](O)[C@]1(C)O. The number of aliphatic hydroxyl groups is 4. The summed E-state index contributed by atoms with van der Waals surface area (Å²) in [5.74, 6) is -7.92. The van der Waals surface area contributed by atoms with Crippen molar-refractivity contribution in [2.45, 2.75) is 217 Å². The van der Waals surface area contributed by atoms with Crippen LogP contribution in [0.1, 0.15) is 143 Å². The first kappa shape index (κ1) is 64.0. The summed E-state index contributed by atoms with van der Waals surface area (Å²) in [4.78, 5) is 68.4. The average Bonchev–Trinajstić information content (AvgIpc) is 4.24. The van der Waals surface area contributed by atoms with Crippen molar-refractivity contribution >= 4 is 40.3 Å². The number of methoxy groups -OCH3 is 1. The smallest absolute Gasteiger partial charge is 0.341 e. The number of halogens is 1. The number of unbranched alkanes of at least 4 members (excludes halogenated alkanes) is 1. The van der Waals surface area contributed by atoms with Crippen molar-refractivity contribution in [3.63, 3.8) is 0 Å². The monoisotopic (exact) mass is 1120 g/mol. The lowest BCUT2D eigenvalue weighted by Gasteiger charge is -2.49. The number of esters is 2. The molecule has 0 radical (unpaired) electrons. The summed E-state index contributed by atoms with van der Waals surface area (Å²) in [5, 5.41) is 63.6. The molecule has 18 atom stereocenters. The molecule has 4 heterocycles. The number of aromatic carboxylic acids is 1. The van der Waals surface area contributed by atoms with Gasteiger partial charge in [0.2, 0.25) is 5.43 Å². The van der Waals surface area contributed by atoms with Gasteiger partial charge in [-0.05, 0) is 119 Å². The standard InChI is InChI=1S/C57H89FN4O17/c1-14-42-57(10,72)49(67)31(4)45(64)29(2)26-55(8,71)50(79-54-47(66)41(61(11)12)23-30(3)74-54)32(5)48(33(6)53(70)76-42)78-44-27-56(9,73-13)51(34(7)75-44)77-43(63)19-22-59-20-15-16-21-60-39-25-40-36(24-38(39)58)46(65)37(52(68)69)28-62(40)35-17-18-35/h24-25,28-35,41-42,44,47-51,54,59-60,66-67,71-72H,14-23,26-27H2,1-13H3,(H,68,69)/t29-,30-,31+,32+,33-,34+,41+,42-,44+,47-,48+,49-,50-,51+,54+,55-,56-,57-/m1/s1. The second kappa shape index (κ2) is 26.4. The Morgan fingerprint density at radius 3 is 2.20 bits per heavy atom. The summed E-state index contributed by atoms with van der Waals surface area (Å²) in [6, 6.07) is 2.31. The first-order chi connectivity index (χ1) is 37.0. The van der Waals surface area contributed by atoms with Gasteiger partial charge in [0, 0.05) is 68.0 Å². The normalized spacial score (nSPS) is 37.1. The maximum absolute atomic E-state index is 15.2. The number of cyclic esters (lactones) is 1. The predicted molar refractivity (Wildman–Crippen MR) is 289 cm³/mol. The van der Waals surface area contributed by atoms with Crippen LogP contribution in [0.25, 0.3) is 10.9 Å². The number of carboxylic acid groups (broad SMARTS) is 1. The number of aliphatic hydroxyl groups excluding tert-OH is 2. The number of benzene rings is 1. The topological polar surface area (TPSA) is 283 Å². The van der Waals surface area contributed by atoms with Gasteiger partial charge in [0.1, 0.15) is 40.6 Å². The largest absolute Gasteiger partial charge is 0.477 e. The number of carbonyl (C=O) groups excluding carboxylic acids is 3. The van der Waals surface area contributed by atoms with Crippen LogP contribution < -0.4 is 16.1 Å². The second-order valence-electron chi connectivity index (χ2n) is 23.7. The first-order valence-corrected chi connectivity index (χ1v) is 28.1. The quantitative estimate of drug-likeness (QED) is 0.0742. The molecular formula is C57H89FN4O17. The van der Waals surface area contributed by atoms with Gasteiger partial charge in [0.15, 0.2) is 18.7 Å². The molecule has 446 valence electrons. The van der Waals surface area contributed by atoms with Crippen LogP contribution in [0.4, 0.5) is 10.1 Å². The van der Waals surface area contributed by atoms with Crippen molar-refractivity contribution < 1.29 is 82.3 Å². The molecule has 0 amide bonds. The summed E-state index contributed by atoms with van der Waals surface area (Å²) < 4.78 is 61.3. The zero-order valence-corrected chi connectivity index (χ0v) is 48.4. The molecule has 0 spiro atoms. The van der Waals surface area contributed by atoms with Crippen molar-refractivity contribution in [2.24, 2.45) is 23.7 Å². The van der Waals surface area contributed by atoms with E-state index in [0.717, 1.165) is 18.9 Å². The molecule has 3 saturated heterocycles. The van der Waals surface area contributed by atoms with Gasteiger partial charge in [-0.15, -0.1) is 0 Å². The minimum absolute atomic E-state index is 0.00563. The Kier molecular flexibility index (Phi) is 21.4. The summed E-state index contributed by atoms with van der Waals surface area (Å²) >= 11 is 0. The lowest BCUT2D eigenvalue weighted by Crippen LogP contribution is -2.61. The number of rotatable bonds is 19. The first-order valence-electron chi connectivity index (χ1n) is 28.1. The van der Waals surface area contributed by atoms with Gasteiger partial charge in [-0.2, -0.15) is 0 Å². The minimum Gasteiger partial charge on any atom is -0.477 e. The molecule has 4 aliphatic rings. The average molecular weight is 1120 g/mol. The van der Waals surface area contributed by atoms with Gasteiger partial charge in [0.05, 0.1) is 59.7 Å². The van der Waals surface area contributed by atoms with Crippen LogP contribution in [0.3, 0.4) is 0 Å². The summed E-state index contributed by atoms with van der Waals surface area (Å²) in [7, 11) is 5.13. The number of hydrogen-bond acceptors (Lipinski definition) is 19. The van der Waals surface area contributed by atoms with Crippen LogP contribution in [-0.2, 0) is 47.5 Å². The highest BCUT2D eigenvalue weighted by Gasteiger charge is 2.54. The number of pyridine rings is 1. The molecule has 21 nitrogen and oxygen atoms in total. The Morgan fingerprint density at radius 1 is 0.911 bits per heavy atom. The van der Waals surface area contributed by atoms with Gasteiger partial charge < -0.3 is 78.8 Å². The molecule has 4 fully saturated rings. The van der Waals surface area contributed by atoms with E-state index in [0.29, 0.717) is 37.9 Å². The number of nitrogens with zero attached hydrogens (tertiary/aromatic N) is 2. The molecule has 79 heavy (non-hydrogen) atoms. The van der Waals surface area contributed by atoms with Crippen molar-refractivity contribution in [1.82, 2.24) is 14.8 Å². The van der Waals surface area contributed by atoms with E-state index in [2.05, 4.69) is 10.6 Å². The van der Waals surface area contributed by atoms with Crippen LogP contribution in [-0.4, -0.2) is 184 Å². The maximum atomic E-state index is 15.2. The zero-order chi connectivity index (χ0) is 58.6. The number of aromatic nitrogens is 1. The van der Waals surface area contributed by atoms with Gasteiger partial charge in [-0.1, -0.05) is 27.7 Å². The van der Waals surface area contributed by atoms with E-state index in [1.165, 1.54) is 34.1 Å². The zero-order valence-electron chi connectivity index (χ0n) is 48.4. The van der Waals surface area contributed by atoms with Crippen molar-refractivity contribution in [2.75, 3.05) is 46.2 Å². The highest BCUT2D eigenvalue weighted by atomic mass is 19.1. The third-order valence-electron chi connectivity index (χ3n) is 16.9. The van der Waals surface area contributed by atoms with E-state index in [9.17, 15) is 49.5 Å². The Morgan fingerprint density at radius 2 is 1.58 bits per heavy atom. The molecule has 2 aromatic rings.